The summed E-state index contributed by atoms with van der Waals surface area (Å²) in [4.78, 5) is 13.4. The number of hydrogen-bond donors (Lipinski definition) is 1. The lowest BCUT2D eigenvalue weighted by Gasteiger charge is -2.18. The number of aromatic nitrogens is 1. The molecule has 0 unspecified atom stereocenters. The second-order valence-corrected chi connectivity index (χ2v) is 5.81. The van der Waals surface area contributed by atoms with Crippen molar-refractivity contribution < 1.29 is 13.5 Å². The van der Waals surface area contributed by atoms with Crippen LogP contribution >= 0.6 is 12.1 Å². The molecule has 0 fully saturated rings. The van der Waals surface area contributed by atoms with Crippen molar-refractivity contribution >= 4 is 23.9 Å². The summed E-state index contributed by atoms with van der Waals surface area (Å²) in [6, 6.07) is 3.92. The van der Waals surface area contributed by atoms with Gasteiger partial charge in [0.1, 0.15) is 5.60 Å². The molecule has 0 atom stereocenters. The van der Waals surface area contributed by atoms with Gasteiger partial charge in [-0.25, -0.2) is 9.52 Å². The third kappa shape index (κ3) is 5.27. The van der Waals surface area contributed by atoms with E-state index >= 15 is 0 Å². The fourth-order valence-corrected chi connectivity index (χ4v) is 1.62. The van der Waals surface area contributed by atoms with E-state index < -0.39 is 11.7 Å². The first kappa shape index (κ1) is 14.6. The quantitative estimate of drug-likeness (QED) is 0.674. The van der Waals surface area contributed by atoms with Gasteiger partial charge in [0.25, 0.3) is 12.1 Å². The number of nitrogens with zero attached hydrogens (tertiary/aromatic N) is 2. The average Bonchev–Trinajstić information content (AvgIpc) is 2.24. The minimum atomic E-state index is -0.482. The van der Waals surface area contributed by atoms with Crippen molar-refractivity contribution in [1.29, 1.82) is 0 Å². The van der Waals surface area contributed by atoms with Crippen LogP contribution in [0.4, 0.5) is 10.5 Å². The third-order valence-electron chi connectivity index (χ3n) is 1.93. The smallest absolute Gasteiger partial charge is 0.422 e. The lowest BCUT2D eigenvalue weighted by molar-refractivity contribution is -0.495. The second kappa shape index (κ2) is 5.95. The van der Waals surface area contributed by atoms with Crippen LogP contribution in [0.3, 0.4) is 0 Å². The minimum absolute atomic E-state index is 0.448. The van der Waals surface area contributed by atoms with E-state index in [-0.39, 0.29) is 0 Å². The highest BCUT2D eigenvalue weighted by Gasteiger charge is 2.17. The number of carbonyl (C=O) groups is 1. The number of rotatable bonds is 3. The zero-order valence-electron chi connectivity index (χ0n) is 11.4. The SMILES string of the molecule is CN(C)c1cc[n+](SNC(=O)OC(C)(C)C)cc1. The molecule has 1 rings (SSSR count). The van der Waals surface area contributed by atoms with Gasteiger partial charge in [-0.1, -0.05) is 0 Å². The summed E-state index contributed by atoms with van der Waals surface area (Å²) >= 11 is 1.16. The second-order valence-electron chi connectivity index (χ2n) is 5.01. The van der Waals surface area contributed by atoms with Crippen LogP contribution in [0.1, 0.15) is 20.8 Å². The number of nitrogens with one attached hydrogen (secondary N) is 1. The Morgan fingerprint density at radius 1 is 1.33 bits per heavy atom. The molecule has 0 aromatic carbocycles. The highest BCUT2D eigenvalue weighted by molar-refractivity contribution is 7.91. The average molecular weight is 270 g/mol. The zero-order chi connectivity index (χ0) is 13.8. The Morgan fingerprint density at radius 2 is 1.89 bits per heavy atom. The van der Waals surface area contributed by atoms with Crippen LogP contribution < -0.4 is 13.6 Å². The number of ether oxygens (including phenoxy) is 1. The molecule has 18 heavy (non-hydrogen) atoms. The standard InChI is InChI=1S/C12H19N3O2S/c1-12(2,3)17-11(16)13-18-15-8-6-10(7-9-15)14(4)5/h6-9H,1-5H3/p+1. The maximum Gasteiger partial charge on any atom is 0.422 e. The lowest BCUT2D eigenvalue weighted by Crippen LogP contribution is -2.35. The normalized spacial score (nSPS) is 10.9. The largest absolute Gasteiger partial charge is 0.443 e. The number of hydrogen-bond acceptors (Lipinski definition) is 4. The summed E-state index contributed by atoms with van der Waals surface area (Å²) in [6.45, 7) is 5.49. The highest BCUT2D eigenvalue weighted by atomic mass is 32.2. The van der Waals surface area contributed by atoms with Crippen LogP contribution in [0.15, 0.2) is 24.5 Å². The van der Waals surface area contributed by atoms with Gasteiger partial charge in [0.2, 0.25) is 0 Å². The Bertz CT molecular complexity index is 399. The maximum atomic E-state index is 11.4. The Labute approximate surface area is 112 Å². The minimum Gasteiger partial charge on any atom is -0.443 e. The fraction of sp³-hybridized carbons (Fsp3) is 0.500. The summed E-state index contributed by atoms with van der Waals surface area (Å²) < 4.78 is 9.53. The maximum absolute atomic E-state index is 11.4. The molecule has 0 radical (unpaired) electrons. The van der Waals surface area contributed by atoms with Gasteiger partial charge in [-0.15, -0.1) is 3.97 Å². The molecule has 1 N–H and O–H groups in total. The Hall–Kier alpha value is -1.43. The van der Waals surface area contributed by atoms with Crippen molar-refractivity contribution in [2.75, 3.05) is 19.0 Å². The van der Waals surface area contributed by atoms with E-state index in [0.29, 0.717) is 0 Å². The van der Waals surface area contributed by atoms with E-state index in [0.717, 1.165) is 17.8 Å². The van der Waals surface area contributed by atoms with E-state index in [4.69, 9.17) is 4.74 Å². The molecule has 1 aromatic heterocycles. The van der Waals surface area contributed by atoms with Crippen LogP contribution in [-0.2, 0) is 4.74 Å². The van der Waals surface area contributed by atoms with Gasteiger partial charge in [0.15, 0.2) is 12.4 Å². The van der Waals surface area contributed by atoms with Gasteiger partial charge in [-0.05, 0) is 20.8 Å². The van der Waals surface area contributed by atoms with Crippen LogP contribution in [0, 0.1) is 0 Å². The number of amides is 1. The number of anilines is 1. The Kier molecular flexibility index (Phi) is 4.84. The molecule has 6 heteroatoms. The van der Waals surface area contributed by atoms with Crippen LogP contribution in [0.5, 0.6) is 0 Å². The molecule has 100 valence electrons. The molecule has 1 amide bonds. The molecule has 0 saturated heterocycles. The predicted octanol–water partition coefficient (Wildman–Crippen LogP) is 1.98. The monoisotopic (exact) mass is 270 g/mol. The van der Waals surface area contributed by atoms with Gasteiger partial charge in [-0.2, -0.15) is 0 Å². The molecular formula is C12H20N3O2S+. The van der Waals surface area contributed by atoms with Gasteiger partial charge in [0, 0.05) is 31.9 Å². The molecule has 5 nitrogen and oxygen atoms in total. The first-order valence-electron chi connectivity index (χ1n) is 5.63. The van der Waals surface area contributed by atoms with E-state index in [1.54, 1.807) is 3.97 Å². The van der Waals surface area contributed by atoms with Gasteiger partial charge in [-0.3, -0.25) is 0 Å². The first-order valence-corrected chi connectivity index (χ1v) is 6.40. The lowest BCUT2D eigenvalue weighted by atomic mass is 10.2. The van der Waals surface area contributed by atoms with Crippen molar-refractivity contribution in [3.05, 3.63) is 24.5 Å². The van der Waals surface area contributed by atoms with Gasteiger partial charge >= 0.3 is 6.09 Å². The van der Waals surface area contributed by atoms with Crippen molar-refractivity contribution in [2.24, 2.45) is 0 Å². The highest BCUT2D eigenvalue weighted by Crippen LogP contribution is 2.08. The van der Waals surface area contributed by atoms with Crippen LogP contribution in [0.25, 0.3) is 0 Å². The van der Waals surface area contributed by atoms with Crippen molar-refractivity contribution in [2.45, 2.75) is 26.4 Å². The zero-order valence-corrected chi connectivity index (χ0v) is 12.2. The predicted molar refractivity (Wildman–Crippen MR) is 73.3 cm³/mol. The summed E-state index contributed by atoms with van der Waals surface area (Å²) in [5, 5.41) is 0. The van der Waals surface area contributed by atoms with Crippen LogP contribution in [-0.4, -0.2) is 25.8 Å². The third-order valence-corrected chi connectivity index (χ3v) is 2.65. The topological polar surface area (TPSA) is 45.5 Å². The molecule has 0 aliphatic rings. The molecule has 0 bridgehead atoms. The summed E-state index contributed by atoms with van der Waals surface area (Å²) in [5.41, 5.74) is 0.619. The molecule has 0 aliphatic carbocycles. The first-order chi connectivity index (χ1) is 8.28. The van der Waals surface area contributed by atoms with E-state index in [1.807, 2.05) is 64.3 Å². The fourth-order valence-electron chi connectivity index (χ4n) is 1.15. The van der Waals surface area contributed by atoms with Gasteiger partial charge in [0.05, 0.1) is 0 Å². The molecule has 0 spiro atoms. The number of pyridine rings is 1. The molecule has 1 aromatic rings. The van der Waals surface area contributed by atoms with Crippen molar-refractivity contribution in [3.8, 4) is 0 Å². The summed E-state index contributed by atoms with van der Waals surface area (Å²) in [6.07, 6.45) is 3.30. The van der Waals surface area contributed by atoms with E-state index in [9.17, 15) is 4.79 Å². The number of carbonyl (C=O) groups excluding carboxylic acids is 1. The summed E-state index contributed by atoms with van der Waals surface area (Å²) in [5.74, 6) is 0. The summed E-state index contributed by atoms with van der Waals surface area (Å²) in [7, 11) is 3.96. The molecule has 0 aliphatic heterocycles. The van der Waals surface area contributed by atoms with E-state index in [2.05, 4.69) is 4.72 Å². The van der Waals surface area contributed by atoms with Crippen molar-refractivity contribution in [3.63, 3.8) is 0 Å². The van der Waals surface area contributed by atoms with Crippen LogP contribution in [0.2, 0.25) is 0 Å². The van der Waals surface area contributed by atoms with Crippen molar-refractivity contribution in [1.82, 2.24) is 4.72 Å². The van der Waals surface area contributed by atoms with Gasteiger partial charge < -0.3 is 9.64 Å². The molecular weight excluding hydrogens is 250 g/mol. The Balaban J connectivity index is 2.46. The molecule has 0 saturated carbocycles. The molecule has 1 heterocycles. The van der Waals surface area contributed by atoms with E-state index in [1.165, 1.54) is 0 Å². The Morgan fingerprint density at radius 3 is 2.33 bits per heavy atom.